The second kappa shape index (κ2) is 9.79. The number of para-hydroxylation sites is 2. The Kier molecular flexibility index (Phi) is 6.91. The van der Waals surface area contributed by atoms with Crippen molar-refractivity contribution in [3.8, 4) is 0 Å². The third-order valence-electron chi connectivity index (χ3n) is 5.08. The molecule has 0 radical (unpaired) electrons. The molecule has 0 aromatic heterocycles. The number of ketones is 1. The number of anilines is 2. The Morgan fingerprint density at radius 1 is 0.733 bits per heavy atom. The van der Waals surface area contributed by atoms with Crippen LogP contribution in [0.15, 0.2) is 91.0 Å². The van der Waals surface area contributed by atoms with Gasteiger partial charge in [-0.2, -0.15) is 0 Å². The molecule has 3 aromatic carbocycles. The molecule has 0 bridgehead atoms. The molecule has 0 aliphatic heterocycles. The third kappa shape index (κ3) is 4.54. The molecule has 0 heterocycles. The van der Waals surface area contributed by atoms with Gasteiger partial charge in [0, 0.05) is 17.3 Å². The Hall–Kier alpha value is -3.53. The second-order valence-electron chi connectivity index (χ2n) is 7.45. The van der Waals surface area contributed by atoms with Crippen LogP contribution in [0.3, 0.4) is 0 Å². The Balaban J connectivity index is 2.14. The van der Waals surface area contributed by atoms with Crippen molar-refractivity contribution in [3.05, 3.63) is 96.6 Å². The normalized spacial score (nSPS) is 12.8. The summed E-state index contributed by atoms with van der Waals surface area (Å²) in [5.41, 5.74) is 1.95. The minimum atomic E-state index is -1.12. The average Bonchev–Trinajstić information content (AvgIpc) is 2.79. The zero-order valence-electron chi connectivity index (χ0n) is 17.1. The summed E-state index contributed by atoms with van der Waals surface area (Å²) in [6.07, 6.45) is 0.715. The number of amides is 1. The molecule has 152 valence electrons. The maximum Gasteiger partial charge on any atom is 0.243 e. The monoisotopic (exact) mass is 399 g/mol. The van der Waals surface area contributed by atoms with Gasteiger partial charge in [0.2, 0.25) is 5.91 Å². The van der Waals surface area contributed by atoms with E-state index in [-0.39, 0.29) is 5.78 Å². The van der Waals surface area contributed by atoms with E-state index in [1.54, 1.807) is 38.1 Å². The molecule has 0 aliphatic rings. The van der Waals surface area contributed by atoms with E-state index in [0.29, 0.717) is 23.2 Å². The average molecular weight is 399 g/mol. The first-order valence-corrected chi connectivity index (χ1v) is 10.0. The summed E-state index contributed by atoms with van der Waals surface area (Å²) in [5.74, 6) is -3.03. The standard InChI is InChI=1S/C26H25NO3/c1-19(2)25(29)24(23(18-28)20-12-6-3-7-13-20)26(30)27(21-14-8-4-9-15-21)22-16-10-5-11-17-22/h3-19,23-24H,1-2H3/t23-,24-/m0/s1. The lowest BCUT2D eigenvalue weighted by atomic mass is 9.79. The van der Waals surface area contributed by atoms with Gasteiger partial charge in [0.15, 0.2) is 0 Å². The maximum atomic E-state index is 13.9. The predicted octanol–water partition coefficient (Wildman–Crippen LogP) is 5.18. The summed E-state index contributed by atoms with van der Waals surface area (Å²) >= 11 is 0. The van der Waals surface area contributed by atoms with Crippen molar-refractivity contribution in [1.82, 2.24) is 0 Å². The van der Waals surface area contributed by atoms with E-state index >= 15 is 0 Å². The first-order chi connectivity index (χ1) is 14.5. The van der Waals surface area contributed by atoms with Gasteiger partial charge in [-0.25, -0.2) is 0 Å². The van der Waals surface area contributed by atoms with Crippen LogP contribution >= 0.6 is 0 Å². The minimum absolute atomic E-state index is 0.252. The van der Waals surface area contributed by atoms with Gasteiger partial charge in [0.05, 0.1) is 5.92 Å². The molecule has 1 amide bonds. The van der Waals surface area contributed by atoms with Crippen molar-refractivity contribution < 1.29 is 14.4 Å². The van der Waals surface area contributed by atoms with Crippen molar-refractivity contribution >= 4 is 29.4 Å². The van der Waals surface area contributed by atoms with Crippen molar-refractivity contribution in [2.24, 2.45) is 11.8 Å². The van der Waals surface area contributed by atoms with Crippen LogP contribution in [0.4, 0.5) is 11.4 Å². The fraction of sp³-hybridized carbons (Fsp3) is 0.192. The molecule has 4 heteroatoms. The Morgan fingerprint density at radius 3 is 1.57 bits per heavy atom. The SMILES string of the molecule is CC(C)C(=O)[C@@H](C(=O)N(c1ccccc1)c1ccccc1)[C@@H](C=O)c1ccccc1. The highest BCUT2D eigenvalue weighted by atomic mass is 16.2. The number of Topliss-reactive ketones (excluding diaryl/α,β-unsaturated/α-hetero) is 1. The lowest BCUT2D eigenvalue weighted by Gasteiger charge is -2.30. The van der Waals surface area contributed by atoms with Crippen molar-refractivity contribution in [2.75, 3.05) is 4.90 Å². The molecular formula is C26H25NO3. The fourth-order valence-corrected chi connectivity index (χ4v) is 3.53. The summed E-state index contributed by atoms with van der Waals surface area (Å²) < 4.78 is 0. The Morgan fingerprint density at radius 2 is 1.17 bits per heavy atom. The molecule has 2 atom stereocenters. The quantitative estimate of drug-likeness (QED) is 0.388. The van der Waals surface area contributed by atoms with Gasteiger partial charge in [-0.1, -0.05) is 80.6 Å². The molecule has 0 N–H and O–H groups in total. The summed E-state index contributed by atoms with van der Waals surface area (Å²) in [6.45, 7) is 3.51. The number of carbonyl (C=O) groups excluding carboxylic acids is 3. The molecule has 3 rings (SSSR count). The van der Waals surface area contributed by atoms with Crippen LogP contribution < -0.4 is 4.90 Å². The number of carbonyl (C=O) groups is 3. The number of hydrogen-bond donors (Lipinski definition) is 0. The highest BCUT2D eigenvalue weighted by Crippen LogP contribution is 2.33. The first-order valence-electron chi connectivity index (χ1n) is 10.0. The van der Waals surface area contributed by atoms with Gasteiger partial charge in [0.1, 0.15) is 18.0 Å². The summed E-state index contributed by atoms with van der Waals surface area (Å²) in [6, 6.07) is 27.4. The number of hydrogen-bond acceptors (Lipinski definition) is 3. The maximum absolute atomic E-state index is 13.9. The molecular weight excluding hydrogens is 374 g/mol. The van der Waals surface area contributed by atoms with Crippen LogP contribution in [0.25, 0.3) is 0 Å². The highest BCUT2D eigenvalue weighted by molar-refractivity contribution is 6.14. The molecule has 0 spiro atoms. The number of rotatable bonds is 8. The summed E-state index contributed by atoms with van der Waals surface area (Å²) in [7, 11) is 0. The van der Waals surface area contributed by atoms with Crippen molar-refractivity contribution in [1.29, 1.82) is 0 Å². The number of nitrogens with zero attached hydrogens (tertiary/aromatic N) is 1. The van der Waals surface area contributed by atoms with Gasteiger partial charge in [-0.05, 0) is 29.8 Å². The fourth-order valence-electron chi connectivity index (χ4n) is 3.53. The third-order valence-corrected chi connectivity index (χ3v) is 5.08. The molecule has 0 fully saturated rings. The van der Waals surface area contributed by atoms with E-state index in [1.807, 2.05) is 66.7 Å². The molecule has 0 saturated carbocycles. The van der Waals surface area contributed by atoms with E-state index in [1.165, 1.54) is 4.90 Å². The molecule has 3 aromatic rings. The number of aldehydes is 1. The molecule has 0 aliphatic carbocycles. The Bertz CT molecular complexity index is 945. The van der Waals surface area contributed by atoms with Crippen molar-refractivity contribution in [3.63, 3.8) is 0 Å². The van der Waals surface area contributed by atoms with Gasteiger partial charge in [0.25, 0.3) is 0 Å². The second-order valence-corrected chi connectivity index (χ2v) is 7.45. The van der Waals surface area contributed by atoms with Gasteiger partial charge in [-0.3, -0.25) is 14.5 Å². The summed E-state index contributed by atoms with van der Waals surface area (Å²) in [4.78, 5) is 40.8. The van der Waals surface area contributed by atoms with Crippen LogP contribution in [-0.2, 0) is 14.4 Å². The molecule has 4 nitrogen and oxygen atoms in total. The van der Waals surface area contributed by atoms with E-state index in [0.717, 1.165) is 0 Å². The predicted molar refractivity (Wildman–Crippen MR) is 119 cm³/mol. The van der Waals surface area contributed by atoms with Crippen LogP contribution in [0.1, 0.15) is 25.3 Å². The van der Waals surface area contributed by atoms with Crippen LogP contribution in [-0.4, -0.2) is 18.0 Å². The van der Waals surface area contributed by atoms with Crippen LogP contribution in [0, 0.1) is 11.8 Å². The molecule has 30 heavy (non-hydrogen) atoms. The lowest BCUT2D eigenvalue weighted by Crippen LogP contribution is -2.42. The Labute approximate surface area is 177 Å². The van der Waals surface area contributed by atoms with Crippen molar-refractivity contribution in [2.45, 2.75) is 19.8 Å². The van der Waals surface area contributed by atoms with Gasteiger partial charge >= 0.3 is 0 Å². The minimum Gasteiger partial charge on any atom is -0.303 e. The van der Waals surface area contributed by atoms with Crippen LogP contribution in [0.5, 0.6) is 0 Å². The van der Waals surface area contributed by atoms with E-state index in [9.17, 15) is 14.4 Å². The lowest BCUT2D eigenvalue weighted by molar-refractivity contribution is -0.136. The summed E-state index contributed by atoms with van der Waals surface area (Å²) in [5, 5.41) is 0. The first kappa shape index (κ1) is 21.2. The number of benzene rings is 3. The molecule has 0 saturated heterocycles. The van der Waals surface area contributed by atoms with E-state index in [2.05, 4.69) is 0 Å². The van der Waals surface area contributed by atoms with E-state index < -0.39 is 23.7 Å². The zero-order chi connectivity index (χ0) is 21.5. The smallest absolute Gasteiger partial charge is 0.243 e. The highest BCUT2D eigenvalue weighted by Gasteiger charge is 2.40. The zero-order valence-corrected chi connectivity index (χ0v) is 17.1. The van der Waals surface area contributed by atoms with Crippen LogP contribution in [0.2, 0.25) is 0 Å². The largest absolute Gasteiger partial charge is 0.303 e. The topological polar surface area (TPSA) is 54.5 Å². The van der Waals surface area contributed by atoms with E-state index in [4.69, 9.17) is 0 Å². The van der Waals surface area contributed by atoms with Gasteiger partial charge in [-0.15, -0.1) is 0 Å². The van der Waals surface area contributed by atoms with Gasteiger partial charge < -0.3 is 4.79 Å². The molecule has 0 unspecified atom stereocenters.